The van der Waals surface area contributed by atoms with E-state index in [2.05, 4.69) is 10.3 Å². The van der Waals surface area contributed by atoms with Crippen molar-refractivity contribution in [3.63, 3.8) is 0 Å². The summed E-state index contributed by atoms with van der Waals surface area (Å²) in [5.74, 6) is 0.575. The van der Waals surface area contributed by atoms with Gasteiger partial charge < -0.3 is 5.32 Å². The number of nitrogens with zero attached hydrogens (tertiary/aromatic N) is 2. The van der Waals surface area contributed by atoms with E-state index in [0.717, 1.165) is 25.1 Å². The predicted molar refractivity (Wildman–Crippen MR) is 55.7 cm³/mol. The Morgan fingerprint density at radius 1 is 1.53 bits per heavy atom. The zero-order valence-electron chi connectivity index (χ0n) is 8.62. The van der Waals surface area contributed by atoms with Crippen molar-refractivity contribution in [2.45, 2.75) is 32.7 Å². The molecule has 5 heteroatoms. The number of aromatic nitrogens is 2. The molecule has 0 atom stereocenters. The molecular formula is C10H13N3O2. The highest BCUT2D eigenvalue weighted by Gasteiger charge is 2.14. The van der Waals surface area contributed by atoms with Gasteiger partial charge in [0, 0.05) is 19.9 Å². The lowest BCUT2D eigenvalue weighted by Crippen LogP contribution is -2.30. The molecule has 0 aliphatic carbocycles. The minimum atomic E-state index is -0.245. The number of aryl methyl sites for hydroxylation is 1. The second-order valence-electron chi connectivity index (χ2n) is 3.68. The van der Waals surface area contributed by atoms with Gasteiger partial charge in [-0.3, -0.25) is 14.2 Å². The van der Waals surface area contributed by atoms with Crippen LogP contribution in [0.1, 0.15) is 25.6 Å². The molecular weight excluding hydrogens is 194 g/mol. The molecule has 0 saturated carbocycles. The van der Waals surface area contributed by atoms with Gasteiger partial charge in [0.1, 0.15) is 11.5 Å². The van der Waals surface area contributed by atoms with Crippen molar-refractivity contribution < 1.29 is 4.79 Å². The number of amides is 1. The summed E-state index contributed by atoms with van der Waals surface area (Å²) in [6.45, 7) is 2.08. The third-order valence-corrected chi connectivity index (χ3v) is 2.47. The Morgan fingerprint density at radius 3 is 3.07 bits per heavy atom. The number of fused-ring (bicyclic) bond motifs is 1. The second-order valence-corrected chi connectivity index (χ2v) is 3.68. The topological polar surface area (TPSA) is 64.0 Å². The molecule has 5 nitrogen and oxygen atoms in total. The summed E-state index contributed by atoms with van der Waals surface area (Å²) in [7, 11) is 0. The Labute approximate surface area is 87.1 Å². The number of hydrogen-bond acceptors (Lipinski definition) is 3. The molecule has 1 aromatic heterocycles. The second kappa shape index (κ2) is 3.84. The fourth-order valence-electron chi connectivity index (χ4n) is 1.79. The summed E-state index contributed by atoms with van der Waals surface area (Å²) in [5, 5.41) is 2.49. The highest BCUT2D eigenvalue weighted by atomic mass is 16.2. The number of hydrogen-bond donors (Lipinski definition) is 1. The average Bonchev–Trinajstić information content (AvgIpc) is 2.22. The molecule has 1 aromatic rings. The van der Waals surface area contributed by atoms with Crippen LogP contribution in [-0.4, -0.2) is 15.5 Å². The van der Waals surface area contributed by atoms with Crippen LogP contribution in [-0.2, 0) is 17.8 Å². The number of nitrogens with one attached hydrogen (secondary N) is 1. The average molecular weight is 207 g/mol. The van der Waals surface area contributed by atoms with Gasteiger partial charge in [0.2, 0.25) is 5.91 Å². The van der Waals surface area contributed by atoms with Gasteiger partial charge in [0.05, 0.1) is 6.20 Å². The van der Waals surface area contributed by atoms with Gasteiger partial charge >= 0.3 is 0 Å². The standard InChI is InChI=1S/C10H13N3O2/c1-7(14)12-8-6-11-9-4-2-3-5-13(9)10(8)15/h6H,2-5H2,1H3,(H,12,14). The molecule has 0 radical (unpaired) electrons. The van der Waals surface area contributed by atoms with E-state index in [0.29, 0.717) is 6.54 Å². The minimum absolute atomic E-state index is 0.144. The van der Waals surface area contributed by atoms with Crippen molar-refractivity contribution in [1.82, 2.24) is 9.55 Å². The largest absolute Gasteiger partial charge is 0.320 e. The van der Waals surface area contributed by atoms with Gasteiger partial charge in [-0.25, -0.2) is 4.98 Å². The molecule has 2 rings (SSSR count). The van der Waals surface area contributed by atoms with Crippen LogP contribution in [0.15, 0.2) is 11.0 Å². The summed E-state index contributed by atoms with van der Waals surface area (Å²) in [4.78, 5) is 26.9. The van der Waals surface area contributed by atoms with Crippen LogP contribution in [0.25, 0.3) is 0 Å². The summed E-state index contributed by atoms with van der Waals surface area (Å²) in [6, 6.07) is 0. The highest BCUT2D eigenvalue weighted by molar-refractivity contribution is 5.88. The molecule has 0 spiro atoms. The predicted octanol–water partition coefficient (Wildman–Crippen LogP) is 0.538. The lowest BCUT2D eigenvalue weighted by atomic mass is 10.1. The lowest BCUT2D eigenvalue weighted by Gasteiger charge is -2.17. The Balaban J connectivity index is 2.43. The molecule has 1 amide bonds. The molecule has 80 valence electrons. The third kappa shape index (κ3) is 1.91. The fraction of sp³-hybridized carbons (Fsp3) is 0.500. The smallest absolute Gasteiger partial charge is 0.277 e. The molecule has 0 saturated heterocycles. The number of anilines is 1. The van der Waals surface area contributed by atoms with Gasteiger partial charge in [-0.1, -0.05) is 0 Å². The molecule has 0 unspecified atom stereocenters. The first-order chi connectivity index (χ1) is 7.18. The van der Waals surface area contributed by atoms with Crippen LogP contribution < -0.4 is 10.9 Å². The quantitative estimate of drug-likeness (QED) is 0.731. The van der Waals surface area contributed by atoms with E-state index >= 15 is 0 Å². The fourth-order valence-corrected chi connectivity index (χ4v) is 1.79. The maximum absolute atomic E-state index is 11.9. The molecule has 1 aliphatic heterocycles. The minimum Gasteiger partial charge on any atom is -0.320 e. The maximum Gasteiger partial charge on any atom is 0.277 e. The van der Waals surface area contributed by atoms with E-state index in [9.17, 15) is 9.59 Å². The Hall–Kier alpha value is -1.65. The SMILES string of the molecule is CC(=O)Nc1cnc2n(c1=O)CCCC2. The van der Waals surface area contributed by atoms with E-state index in [1.807, 2.05) is 0 Å². The van der Waals surface area contributed by atoms with Crippen molar-refractivity contribution in [3.8, 4) is 0 Å². The zero-order valence-corrected chi connectivity index (χ0v) is 8.62. The van der Waals surface area contributed by atoms with Gasteiger partial charge in [-0.2, -0.15) is 0 Å². The summed E-state index contributed by atoms with van der Waals surface area (Å²) in [5.41, 5.74) is 0.128. The van der Waals surface area contributed by atoms with Crippen molar-refractivity contribution in [2.24, 2.45) is 0 Å². The lowest BCUT2D eigenvalue weighted by molar-refractivity contribution is -0.114. The van der Waals surface area contributed by atoms with Crippen LogP contribution >= 0.6 is 0 Å². The molecule has 15 heavy (non-hydrogen) atoms. The van der Waals surface area contributed by atoms with E-state index in [4.69, 9.17) is 0 Å². The van der Waals surface area contributed by atoms with E-state index in [1.165, 1.54) is 13.1 Å². The molecule has 1 N–H and O–H groups in total. The monoisotopic (exact) mass is 207 g/mol. The number of carbonyl (C=O) groups is 1. The van der Waals surface area contributed by atoms with E-state index < -0.39 is 0 Å². The highest BCUT2D eigenvalue weighted by Crippen LogP contribution is 2.10. The van der Waals surface area contributed by atoms with E-state index in [-0.39, 0.29) is 17.2 Å². The molecule has 0 bridgehead atoms. The van der Waals surface area contributed by atoms with Crippen molar-refractivity contribution in [3.05, 3.63) is 22.4 Å². The first kappa shape index (κ1) is 9.89. The van der Waals surface area contributed by atoms with Crippen LogP contribution in [0, 0.1) is 0 Å². The normalized spacial score (nSPS) is 14.5. The first-order valence-electron chi connectivity index (χ1n) is 5.05. The molecule has 0 fully saturated rings. The first-order valence-corrected chi connectivity index (χ1v) is 5.05. The number of rotatable bonds is 1. The van der Waals surface area contributed by atoms with Crippen LogP contribution in [0.4, 0.5) is 5.69 Å². The Morgan fingerprint density at radius 2 is 2.33 bits per heavy atom. The summed E-state index contributed by atoms with van der Waals surface area (Å²) < 4.78 is 1.65. The van der Waals surface area contributed by atoms with Crippen LogP contribution in [0.2, 0.25) is 0 Å². The van der Waals surface area contributed by atoms with Gasteiger partial charge in [-0.05, 0) is 12.8 Å². The van der Waals surface area contributed by atoms with Gasteiger partial charge in [0.25, 0.3) is 5.56 Å². The van der Waals surface area contributed by atoms with Crippen molar-refractivity contribution in [2.75, 3.05) is 5.32 Å². The third-order valence-electron chi connectivity index (χ3n) is 2.47. The Kier molecular flexibility index (Phi) is 2.53. The molecule has 0 aromatic carbocycles. The summed E-state index contributed by atoms with van der Waals surface area (Å²) >= 11 is 0. The zero-order chi connectivity index (χ0) is 10.8. The van der Waals surface area contributed by atoms with Gasteiger partial charge in [0.15, 0.2) is 0 Å². The number of carbonyl (C=O) groups excluding carboxylic acids is 1. The van der Waals surface area contributed by atoms with Crippen LogP contribution in [0.3, 0.4) is 0 Å². The van der Waals surface area contributed by atoms with Gasteiger partial charge in [-0.15, -0.1) is 0 Å². The van der Waals surface area contributed by atoms with Crippen molar-refractivity contribution in [1.29, 1.82) is 0 Å². The Bertz CT molecular complexity index is 450. The van der Waals surface area contributed by atoms with Crippen molar-refractivity contribution >= 4 is 11.6 Å². The molecule has 1 aliphatic rings. The van der Waals surface area contributed by atoms with Crippen LogP contribution in [0.5, 0.6) is 0 Å². The van der Waals surface area contributed by atoms with E-state index in [1.54, 1.807) is 4.57 Å². The molecule has 2 heterocycles. The summed E-state index contributed by atoms with van der Waals surface area (Å²) in [6.07, 6.45) is 4.36. The maximum atomic E-state index is 11.9.